The summed E-state index contributed by atoms with van der Waals surface area (Å²) in [6.45, 7) is 0. The van der Waals surface area contributed by atoms with Gasteiger partial charge < -0.3 is 0 Å². The maximum atomic E-state index is 9.71. The lowest BCUT2D eigenvalue weighted by atomic mass is 10.9. The van der Waals surface area contributed by atoms with Gasteiger partial charge in [0.15, 0.2) is 4.34 Å². The molecule has 0 aliphatic carbocycles. The third kappa shape index (κ3) is 2.11. The normalized spacial score (nSPS) is 9.33. The van der Waals surface area contributed by atoms with Crippen molar-refractivity contribution >= 4 is 29.4 Å². The Morgan fingerprint density at radius 1 is 1.89 bits per heavy atom. The van der Waals surface area contributed by atoms with Gasteiger partial charge in [0.1, 0.15) is 5.51 Å². The Morgan fingerprint density at radius 3 is 3.33 bits per heavy atom. The van der Waals surface area contributed by atoms with Gasteiger partial charge in [-0.15, -0.1) is 10.2 Å². The van der Waals surface area contributed by atoms with Crippen LogP contribution in [0.5, 0.6) is 0 Å². The summed E-state index contributed by atoms with van der Waals surface area (Å²) in [7, 11) is 0. The molecule has 1 heterocycles. The predicted octanol–water partition coefficient (Wildman–Crippen LogP) is 0.740. The van der Waals surface area contributed by atoms with E-state index in [0.717, 1.165) is 4.34 Å². The molecular formula is C4H3N2OS2. The number of thioether (sulfide) groups is 1. The molecule has 0 unspecified atom stereocenters. The van der Waals surface area contributed by atoms with Crippen LogP contribution in [0.4, 0.5) is 0 Å². The number of nitrogens with zero attached hydrogens (tertiary/aromatic N) is 2. The molecule has 0 N–H and O–H groups in total. The Kier molecular flexibility index (Phi) is 2.66. The largest absolute Gasteiger partial charge is 0.290 e. The SMILES string of the molecule is O=[C]CSc1nncs1. The Bertz CT molecular complexity index is 175. The van der Waals surface area contributed by atoms with E-state index in [4.69, 9.17) is 0 Å². The van der Waals surface area contributed by atoms with Crippen molar-refractivity contribution < 1.29 is 4.79 Å². The fourth-order valence-corrected chi connectivity index (χ4v) is 1.46. The van der Waals surface area contributed by atoms with Crippen molar-refractivity contribution in [3.63, 3.8) is 0 Å². The average molecular weight is 159 g/mol. The van der Waals surface area contributed by atoms with Gasteiger partial charge in [0.2, 0.25) is 6.29 Å². The Hall–Kier alpha value is -0.420. The van der Waals surface area contributed by atoms with Crippen molar-refractivity contribution in [3.05, 3.63) is 5.51 Å². The van der Waals surface area contributed by atoms with E-state index >= 15 is 0 Å². The molecule has 1 aromatic heterocycles. The van der Waals surface area contributed by atoms with E-state index in [1.54, 1.807) is 11.8 Å². The lowest BCUT2D eigenvalue weighted by Crippen LogP contribution is -1.76. The molecule has 5 heteroatoms. The van der Waals surface area contributed by atoms with Gasteiger partial charge in [-0.1, -0.05) is 23.1 Å². The van der Waals surface area contributed by atoms with Crippen LogP contribution in [0.3, 0.4) is 0 Å². The zero-order chi connectivity index (χ0) is 6.53. The van der Waals surface area contributed by atoms with Crippen molar-refractivity contribution in [3.8, 4) is 0 Å². The van der Waals surface area contributed by atoms with Gasteiger partial charge >= 0.3 is 0 Å². The van der Waals surface area contributed by atoms with Gasteiger partial charge in [-0.05, 0) is 0 Å². The number of hydrogen-bond acceptors (Lipinski definition) is 5. The maximum absolute atomic E-state index is 9.71. The first kappa shape index (κ1) is 6.70. The van der Waals surface area contributed by atoms with E-state index in [9.17, 15) is 4.79 Å². The first-order chi connectivity index (χ1) is 4.43. The molecule has 0 aromatic carbocycles. The minimum atomic E-state index is 0.342. The quantitative estimate of drug-likeness (QED) is 0.610. The Balaban J connectivity index is 2.38. The fraction of sp³-hybridized carbons (Fsp3) is 0.250. The standard InChI is InChI=1S/C4H3N2OS2/c7-1-2-8-4-6-5-3-9-4/h3H,2H2. The van der Waals surface area contributed by atoms with Crippen LogP contribution in [0.1, 0.15) is 0 Å². The lowest BCUT2D eigenvalue weighted by Gasteiger charge is -1.81. The Labute approximate surface area is 60.5 Å². The van der Waals surface area contributed by atoms with Gasteiger partial charge in [0.05, 0.1) is 5.75 Å². The molecule has 1 rings (SSSR count). The molecule has 3 nitrogen and oxygen atoms in total. The first-order valence-electron chi connectivity index (χ1n) is 2.17. The molecule has 0 bridgehead atoms. The van der Waals surface area contributed by atoms with E-state index in [2.05, 4.69) is 10.2 Å². The molecule has 0 saturated carbocycles. The van der Waals surface area contributed by atoms with E-state index in [1.165, 1.54) is 23.1 Å². The van der Waals surface area contributed by atoms with Crippen LogP contribution >= 0.6 is 23.1 Å². The maximum Gasteiger partial charge on any atom is 0.209 e. The van der Waals surface area contributed by atoms with Gasteiger partial charge in [-0.3, -0.25) is 4.79 Å². The van der Waals surface area contributed by atoms with Gasteiger partial charge in [-0.25, -0.2) is 0 Å². The monoisotopic (exact) mass is 159 g/mol. The molecule has 9 heavy (non-hydrogen) atoms. The van der Waals surface area contributed by atoms with Gasteiger partial charge in [0.25, 0.3) is 0 Å². The van der Waals surface area contributed by atoms with Crippen molar-refractivity contribution in [1.82, 2.24) is 10.2 Å². The minimum Gasteiger partial charge on any atom is -0.290 e. The highest BCUT2D eigenvalue weighted by Crippen LogP contribution is 2.16. The summed E-state index contributed by atoms with van der Waals surface area (Å²) in [4.78, 5) is 9.71. The van der Waals surface area contributed by atoms with Crippen LogP contribution in [0, 0.1) is 0 Å². The fourth-order valence-electron chi connectivity index (χ4n) is 0.317. The summed E-state index contributed by atoms with van der Waals surface area (Å²) in [6.07, 6.45) is 1.76. The number of aromatic nitrogens is 2. The minimum absolute atomic E-state index is 0.342. The molecular weight excluding hydrogens is 156 g/mol. The number of hydrogen-bond donors (Lipinski definition) is 0. The molecule has 0 aliphatic heterocycles. The van der Waals surface area contributed by atoms with Crippen molar-refractivity contribution in [2.75, 3.05) is 5.75 Å². The van der Waals surface area contributed by atoms with Crippen LogP contribution in [-0.2, 0) is 4.79 Å². The second-order valence-electron chi connectivity index (χ2n) is 1.14. The van der Waals surface area contributed by atoms with Crippen molar-refractivity contribution in [2.24, 2.45) is 0 Å². The van der Waals surface area contributed by atoms with Gasteiger partial charge in [0, 0.05) is 0 Å². The third-order valence-corrected chi connectivity index (χ3v) is 2.31. The third-order valence-electron chi connectivity index (χ3n) is 0.595. The van der Waals surface area contributed by atoms with E-state index in [-0.39, 0.29) is 0 Å². The average Bonchev–Trinajstić information content (AvgIpc) is 2.34. The zero-order valence-corrected chi connectivity index (χ0v) is 6.04. The second-order valence-corrected chi connectivity index (χ2v) is 3.19. The molecule has 0 spiro atoms. The van der Waals surface area contributed by atoms with Crippen LogP contribution in [-0.4, -0.2) is 22.2 Å². The summed E-state index contributed by atoms with van der Waals surface area (Å²) >= 11 is 2.77. The molecule has 0 atom stereocenters. The topological polar surface area (TPSA) is 42.9 Å². The molecule has 0 amide bonds. The summed E-state index contributed by atoms with van der Waals surface area (Å²) in [5.41, 5.74) is 1.63. The highest BCUT2D eigenvalue weighted by Gasteiger charge is 1.94. The van der Waals surface area contributed by atoms with Gasteiger partial charge in [-0.2, -0.15) is 0 Å². The molecule has 0 aliphatic rings. The van der Waals surface area contributed by atoms with Crippen molar-refractivity contribution in [2.45, 2.75) is 4.34 Å². The zero-order valence-electron chi connectivity index (χ0n) is 4.40. The summed E-state index contributed by atoms with van der Waals surface area (Å²) in [6, 6.07) is 0. The Morgan fingerprint density at radius 2 is 2.78 bits per heavy atom. The highest BCUT2D eigenvalue weighted by atomic mass is 32.2. The summed E-state index contributed by atoms with van der Waals surface area (Å²) in [5.74, 6) is 0.342. The van der Waals surface area contributed by atoms with Crippen LogP contribution in [0.2, 0.25) is 0 Å². The predicted molar refractivity (Wildman–Crippen MR) is 36.3 cm³/mol. The number of rotatable bonds is 3. The summed E-state index contributed by atoms with van der Waals surface area (Å²) in [5, 5.41) is 7.30. The summed E-state index contributed by atoms with van der Waals surface area (Å²) < 4.78 is 0.818. The molecule has 1 aromatic rings. The second kappa shape index (κ2) is 3.58. The van der Waals surface area contributed by atoms with E-state index in [0.29, 0.717) is 5.75 Å². The molecule has 0 fully saturated rings. The number of carbonyl (C=O) groups excluding carboxylic acids is 1. The van der Waals surface area contributed by atoms with Crippen LogP contribution in [0.25, 0.3) is 0 Å². The molecule has 0 saturated heterocycles. The molecule has 47 valence electrons. The molecule has 1 radical (unpaired) electrons. The first-order valence-corrected chi connectivity index (χ1v) is 4.04. The van der Waals surface area contributed by atoms with Crippen molar-refractivity contribution in [1.29, 1.82) is 0 Å². The van der Waals surface area contributed by atoms with Crippen LogP contribution < -0.4 is 0 Å². The van der Waals surface area contributed by atoms with Crippen LogP contribution in [0.15, 0.2) is 9.85 Å². The van der Waals surface area contributed by atoms with E-state index < -0.39 is 0 Å². The highest BCUT2D eigenvalue weighted by molar-refractivity contribution is 8.01. The smallest absolute Gasteiger partial charge is 0.209 e. The lowest BCUT2D eigenvalue weighted by molar-refractivity contribution is 0.560. The van der Waals surface area contributed by atoms with E-state index in [1.807, 2.05) is 0 Å².